The molecule has 1 aromatic heterocycles. The van der Waals surface area contributed by atoms with Crippen LogP contribution in [-0.4, -0.2) is 44.6 Å². The molecule has 18 heteroatoms. The Kier molecular flexibility index (Phi) is 10.7. The van der Waals surface area contributed by atoms with E-state index in [1.807, 2.05) is 0 Å². The standard InChI is InChI=1S/C19H19F3N2O3.C6H3F3N4O3/c1-18(2,3)27-17(26)24-15-9-7-14(8-10-15)23-16(25)12-5-4-6-13(11-12)19(20,21)22;7-6(8,9)4(14)12-5-10-1-3(2-11-5)13(15)16/h4-11H,1-3H3,(H,23,25)(H,24,26);1-2H,(H,10,11,12,14). The van der Waals surface area contributed by atoms with E-state index in [0.717, 1.165) is 12.1 Å². The van der Waals surface area contributed by atoms with E-state index in [2.05, 4.69) is 20.6 Å². The Morgan fingerprint density at radius 3 is 1.84 bits per heavy atom. The fraction of sp³-hybridized carbons (Fsp3) is 0.240. The maximum absolute atomic E-state index is 12.7. The minimum absolute atomic E-state index is 0.110. The molecule has 3 rings (SSSR count). The fourth-order valence-electron chi connectivity index (χ4n) is 2.75. The van der Waals surface area contributed by atoms with Crippen LogP contribution in [0.4, 0.5) is 54.1 Å². The zero-order valence-corrected chi connectivity index (χ0v) is 22.3. The molecule has 2 aromatic carbocycles. The number of amides is 3. The molecule has 0 saturated heterocycles. The largest absolute Gasteiger partial charge is 0.471 e. The molecule has 0 spiro atoms. The number of anilines is 3. The third kappa shape index (κ3) is 11.6. The summed E-state index contributed by atoms with van der Waals surface area (Å²) in [6.45, 7) is 5.21. The number of aromatic nitrogens is 2. The number of nitrogens with one attached hydrogen (secondary N) is 3. The van der Waals surface area contributed by atoms with Gasteiger partial charge in [0.05, 0.1) is 10.5 Å². The summed E-state index contributed by atoms with van der Waals surface area (Å²) in [5, 5.41) is 16.5. The lowest BCUT2D eigenvalue weighted by molar-refractivity contribution is -0.385. The third-order valence-electron chi connectivity index (χ3n) is 4.57. The number of halogens is 6. The summed E-state index contributed by atoms with van der Waals surface area (Å²) < 4.78 is 78.6. The second-order valence-electron chi connectivity index (χ2n) is 9.21. The monoisotopic (exact) mass is 616 g/mol. The molecule has 43 heavy (non-hydrogen) atoms. The van der Waals surface area contributed by atoms with Crippen molar-refractivity contribution in [3.8, 4) is 0 Å². The minimum atomic E-state index is -5.06. The fourth-order valence-corrected chi connectivity index (χ4v) is 2.75. The van der Waals surface area contributed by atoms with Crippen molar-refractivity contribution in [3.05, 3.63) is 82.2 Å². The van der Waals surface area contributed by atoms with Gasteiger partial charge in [0, 0.05) is 16.9 Å². The predicted octanol–water partition coefficient (Wildman–Crippen LogP) is 6.19. The molecule has 0 fully saturated rings. The van der Waals surface area contributed by atoms with E-state index in [9.17, 15) is 50.8 Å². The Labute approximate surface area is 238 Å². The average Bonchev–Trinajstić information content (AvgIpc) is 2.88. The number of carbonyl (C=O) groups excluding carboxylic acids is 3. The van der Waals surface area contributed by atoms with Gasteiger partial charge in [0.2, 0.25) is 5.95 Å². The number of ether oxygens (including phenoxy) is 1. The predicted molar refractivity (Wildman–Crippen MR) is 139 cm³/mol. The molecule has 0 aliphatic rings. The van der Waals surface area contributed by atoms with Crippen molar-refractivity contribution >= 4 is 40.9 Å². The lowest BCUT2D eigenvalue weighted by Gasteiger charge is -2.19. The van der Waals surface area contributed by atoms with E-state index in [1.165, 1.54) is 41.7 Å². The second kappa shape index (κ2) is 13.6. The molecule has 3 N–H and O–H groups in total. The molecule has 0 unspecified atom stereocenters. The zero-order chi connectivity index (χ0) is 32.6. The number of carbonyl (C=O) groups is 3. The van der Waals surface area contributed by atoms with Gasteiger partial charge in [-0.25, -0.2) is 14.8 Å². The van der Waals surface area contributed by atoms with Gasteiger partial charge in [-0.3, -0.25) is 30.3 Å². The van der Waals surface area contributed by atoms with Crippen molar-refractivity contribution in [3.63, 3.8) is 0 Å². The first-order chi connectivity index (χ1) is 19.7. The van der Waals surface area contributed by atoms with Gasteiger partial charge in [-0.05, 0) is 63.2 Å². The number of nitro groups is 1. The summed E-state index contributed by atoms with van der Waals surface area (Å²) in [5.41, 5.74) is -1.32. The quantitative estimate of drug-likeness (QED) is 0.173. The highest BCUT2D eigenvalue weighted by molar-refractivity contribution is 6.04. The van der Waals surface area contributed by atoms with E-state index in [-0.39, 0.29) is 5.56 Å². The van der Waals surface area contributed by atoms with E-state index < -0.39 is 58.0 Å². The zero-order valence-electron chi connectivity index (χ0n) is 22.3. The number of benzene rings is 2. The van der Waals surface area contributed by atoms with Gasteiger partial charge in [0.1, 0.15) is 18.0 Å². The van der Waals surface area contributed by atoms with Crippen LogP contribution in [0, 0.1) is 10.1 Å². The maximum atomic E-state index is 12.7. The van der Waals surface area contributed by atoms with Gasteiger partial charge in [0.15, 0.2) is 0 Å². The molecule has 230 valence electrons. The number of alkyl halides is 6. The molecule has 12 nitrogen and oxygen atoms in total. The molecular formula is C25H22F6N6O6. The summed E-state index contributed by atoms with van der Waals surface area (Å²) in [4.78, 5) is 49.9. The van der Waals surface area contributed by atoms with E-state index in [4.69, 9.17) is 4.74 Å². The first-order valence-electron chi connectivity index (χ1n) is 11.7. The van der Waals surface area contributed by atoms with Crippen LogP contribution in [0.25, 0.3) is 0 Å². The third-order valence-corrected chi connectivity index (χ3v) is 4.57. The molecule has 0 saturated carbocycles. The van der Waals surface area contributed by atoms with Crippen LogP contribution in [0.1, 0.15) is 36.7 Å². The molecule has 0 aliphatic heterocycles. The summed E-state index contributed by atoms with van der Waals surface area (Å²) in [5.74, 6) is -3.58. The van der Waals surface area contributed by atoms with Crippen molar-refractivity contribution in [2.45, 2.75) is 38.7 Å². The molecule has 0 aliphatic carbocycles. The Balaban J connectivity index is 0.000000344. The number of nitrogens with zero attached hydrogens (tertiary/aromatic N) is 3. The highest BCUT2D eigenvalue weighted by Gasteiger charge is 2.39. The van der Waals surface area contributed by atoms with Crippen molar-refractivity contribution in [1.82, 2.24) is 9.97 Å². The SMILES string of the molecule is CC(C)(C)OC(=O)Nc1ccc(NC(=O)c2cccc(C(F)(F)F)c2)cc1.O=C(Nc1ncc([N+](=O)[O-])cn1)C(F)(F)F. The van der Waals surface area contributed by atoms with Crippen molar-refractivity contribution < 1.29 is 50.4 Å². The maximum Gasteiger partial charge on any atom is 0.471 e. The van der Waals surface area contributed by atoms with E-state index in [1.54, 1.807) is 20.8 Å². The summed E-state index contributed by atoms with van der Waals surface area (Å²) in [6, 6.07) is 10.2. The van der Waals surface area contributed by atoms with Crippen molar-refractivity contribution in [2.24, 2.45) is 0 Å². The summed E-state index contributed by atoms with van der Waals surface area (Å²) >= 11 is 0. The van der Waals surface area contributed by atoms with Crippen LogP contribution in [-0.2, 0) is 15.7 Å². The van der Waals surface area contributed by atoms with Crippen molar-refractivity contribution in [2.75, 3.05) is 16.0 Å². The Morgan fingerprint density at radius 1 is 0.837 bits per heavy atom. The summed E-state index contributed by atoms with van der Waals surface area (Å²) in [7, 11) is 0. The van der Waals surface area contributed by atoms with Crippen molar-refractivity contribution in [1.29, 1.82) is 0 Å². The smallest absolute Gasteiger partial charge is 0.444 e. The van der Waals surface area contributed by atoms with Crippen LogP contribution in [0.15, 0.2) is 60.9 Å². The molecular weight excluding hydrogens is 594 g/mol. The van der Waals surface area contributed by atoms with Crippen LogP contribution in [0.2, 0.25) is 0 Å². The van der Waals surface area contributed by atoms with E-state index in [0.29, 0.717) is 23.8 Å². The van der Waals surface area contributed by atoms with Gasteiger partial charge in [-0.15, -0.1) is 0 Å². The molecule has 3 amide bonds. The minimum Gasteiger partial charge on any atom is -0.444 e. The van der Waals surface area contributed by atoms with Crippen LogP contribution < -0.4 is 16.0 Å². The molecule has 0 radical (unpaired) electrons. The number of rotatable bonds is 5. The van der Waals surface area contributed by atoms with Crippen LogP contribution in [0.5, 0.6) is 0 Å². The van der Waals surface area contributed by atoms with Crippen LogP contribution >= 0.6 is 0 Å². The van der Waals surface area contributed by atoms with Gasteiger partial charge < -0.3 is 10.1 Å². The highest BCUT2D eigenvalue weighted by atomic mass is 19.4. The van der Waals surface area contributed by atoms with Gasteiger partial charge in [-0.2, -0.15) is 26.3 Å². The Hall–Kier alpha value is -5.29. The Bertz CT molecular complexity index is 1460. The Morgan fingerprint density at radius 2 is 1.37 bits per heavy atom. The number of hydrogen-bond donors (Lipinski definition) is 3. The lowest BCUT2D eigenvalue weighted by Crippen LogP contribution is -2.30. The molecule has 3 aromatic rings. The highest BCUT2D eigenvalue weighted by Crippen LogP contribution is 2.29. The normalized spacial score (nSPS) is 11.4. The van der Waals surface area contributed by atoms with Gasteiger partial charge in [0.25, 0.3) is 5.91 Å². The molecule has 1 heterocycles. The van der Waals surface area contributed by atoms with Gasteiger partial charge in [-0.1, -0.05) is 6.07 Å². The lowest BCUT2D eigenvalue weighted by atomic mass is 10.1. The van der Waals surface area contributed by atoms with Crippen LogP contribution in [0.3, 0.4) is 0 Å². The van der Waals surface area contributed by atoms with Gasteiger partial charge >= 0.3 is 30.0 Å². The first-order valence-corrected chi connectivity index (χ1v) is 11.7. The number of hydrogen-bond acceptors (Lipinski definition) is 8. The molecule has 0 atom stereocenters. The topological polar surface area (TPSA) is 165 Å². The first kappa shape index (κ1) is 33.9. The summed E-state index contributed by atoms with van der Waals surface area (Å²) in [6.07, 6.45) is -8.85. The van der Waals surface area contributed by atoms with E-state index >= 15 is 0 Å². The molecule has 0 bridgehead atoms. The average molecular weight is 616 g/mol. The second-order valence-corrected chi connectivity index (χ2v) is 9.21.